The minimum absolute atomic E-state index is 0.109. The number of nitrogen functional groups attached to an aromatic ring is 1. The zero-order chi connectivity index (χ0) is 32.4. The van der Waals surface area contributed by atoms with E-state index >= 15 is 0 Å². The van der Waals surface area contributed by atoms with Gasteiger partial charge in [-0.3, -0.25) is 14.6 Å². The average molecular weight is 707 g/mol. The second kappa shape index (κ2) is 13.5. The fourth-order valence-electron chi connectivity index (χ4n) is 5.71. The molecule has 1 aromatic heterocycles. The Morgan fingerprint density at radius 2 is 1.72 bits per heavy atom. The Kier molecular flexibility index (Phi) is 9.29. The summed E-state index contributed by atoms with van der Waals surface area (Å²) < 4.78 is 17.2. The number of carbonyl (C=O) groups is 1. The van der Waals surface area contributed by atoms with Crippen LogP contribution in [0.2, 0.25) is 5.02 Å². The SMILES string of the molecule is COc1cc(Cc2cnc(/N=C3\C(=O)N(CN4CCN(c5cccc(Cl)c5)CC4)c4ccc(Br)cc43)nc2N)cc(OC)c1OC. The monoisotopic (exact) mass is 705 g/mol. The van der Waals surface area contributed by atoms with Crippen molar-refractivity contribution in [2.24, 2.45) is 4.99 Å². The lowest BCUT2D eigenvalue weighted by Crippen LogP contribution is -2.51. The van der Waals surface area contributed by atoms with Crippen molar-refractivity contribution < 1.29 is 19.0 Å². The highest BCUT2D eigenvalue weighted by molar-refractivity contribution is 9.10. The van der Waals surface area contributed by atoms with E-state index in [0.29, 0.717) is 41.5 Å². The molecule has 1 saturated heterocycles. The van der Waals surface area contributed by atoms with Crippen LogP contribution < -0.4 is 29.7 Å². The Hall–Kier alpha value is -4.39. The van der Waals surface area contributed by atoms with Crippen molar-refractivity contribution in [1.29, 1.82) is 0 Å². The maximum absolute atomic E-state index is 13.8. The number of carbonyl (C=O) groups excluding carboxylic acids is 1. The third-order valence-electron chi connectivity index (χ3n) is 8.06. The summed E-state index contributed by atoms with van der Waals surface area (Å²) in [5.74, 6) is 1.74. The number of piperazine rings is 1. The molecule has 2 N–H and O–H groups in total. The van der Waals surface area contributed by atoms with E-state index in [4.69, 9.17) is 31.5 Å². The number of hydrogen-bond donors (Lipinski definition) is 1. The summed E-state index contributed by atoms with van der Waals surface area (Å²) in [5.41, 5.74) is 10.8. The first-order chi connectivity index (χ1) is 22.3. The van der Waals surface area contributed by atoms with Crippen LogP contribution in [0.15, 0.2) is 70.3 Å². The first kappa shape index (κ1) is 31.6. The number of aromatic nitrogens is 2. The number of ether oxygens (including phenoxy) is 3. The van der Waals surface area contributed by atoms with Gasteiger partial charge in [-0.1, -0.05) is 33.6 Å². The lowest BCUT2D eigenvalue weighted by molar-refractivity contribution is -0.112. The summed E-state index contributed by atoms with van der Waals surface area (Å²) in [5, 5.41) is 0.719. The summed E-state index contributed by atoms with van der Waals surface area (Å²) in [6, 6.07) is 17.3. The van der Waals surface area contributed by atoms with E-state index in [1.807, 2.05) is 48.5 Å². The Balaban J connectivity index is 1.20. The van der Waals surface area contributed by atoms with Crippen LogP contribution in [0.25, 0.3) is 0 Å². The van der Waals surface area contributed by atoms with E-state index in [1.54, 1.807) is 32.4 Å². The molecule has 13 heteroatoms. The average Bonchev–Trinajstić information content (AvgIpc) is 3.30. The second-order valence-corrected chi connectivity index (χ2v) is 12.2. The Labute approximate surface area is 280 Å². The molecule has 3 heterocycles. The van der Waals surface area contributed by atoms with Gasteiger partial charge < -0.3 is 24.8 Å². The van der Waals surface area contributed by atoms with Crippen molar-refractivity contribution in [3.05, 3.63) is 87.0 Å². The smallest absolute Gasteiger partial charge is 0.278 e. The number of hydrogen-bond acceptors (Lipinski definition) is 10. The lowest BCUT2D eigenvalue weighted by Gasteiger charge is -2.37. The molecular weight excluding hydrogens is 674 g/mol. The molecule has 4 aromatic rings. The summed E-state index contributed by atoms with van der Waals surface area (Å²) in [6.07, 6.45) is 2.05. The van der Waals surface area contributed by atoms with Crippen molar-refractivity contribution in [2.75, 3.05) is 69.7 Å². The molecule has 1 fully saturated rings. The Morgan fingerprint density at radius 1 is 0.978 bits per heavy atom. The molecule has 46 heavy (non-hydrogen) atoms. The molecule has 6 rings (SSSR count). The highest BCUT2D eigenvalue weighted by Crippen LogP contribution is 2.39. The van der Waals surface area contributed by atoms with Crippen molar-refractivity contribution in [3.63, 3.8) is 0 Å². The summed E-state index contributed by atoms with van der Waals surface area (Å²) in [4.78, 5) is 33.7. The molecule has 2 aliphatic heterocycles. The predicted molar refractivity (Wildman–Crippen MR) is 183 cm³/mol. The highest BCUT2D eigenvalue weighted by Gasteiger charge is 2.36. The third kappa shape index (κ3) is 6.46. The zero-order valence-corrected chi connectivity index (χ0v) is 28.0. The first-order valence-electron chi connectivity index (χ1n) is 14.6. The van der Waals surface area contributed by atoms with Crippen molar-refractivity contribution in [3.8, 4) is 17.2 Å². The maximum Gasteiger partial charge on any atom is 0.278 e. The number of amides is 1. The molecule has 0 bridgehead atoms. The fourth-order valence-corrected chi connectivity index (χ4v) is 6.26. The molecule has 238 valence electrons. The molecule has 0 aliphatic carbocycles. The summed E-state index contributed by atoms with van der Waals surface area (Å²) >= 11 is 9.75. The minimum atomic E-state index is -0.214. The molecule has 1 amide bonds. The summed E-state index contributed by atoms with van der Waals surface area (Å²) in [6.45, 7) is 3.67. The third-order valence-corrected chi connectivity index (χ3v) is 8.78. The topological polar surface area (TPSA) is 119 Å². The number of benzene rings is 3. The number of rotatable bonds is 9. The van der Waals surface area contributed by atoms with Crippen LogP contribution in [0.5, 0.6) is 17.2 Å². The van der Waals surface area contributed by atoms with Gasteiger partial charge in [0.25, 0.3) is 11.9 Å². The molecular formula is C33H33BrClN7O4. The minimum Gasteiger partial charge on any atom is -0.493 e. The van der Waals surface area contributed by atoms with Gasteiger partial charge in [-0.25, -0.2) is 9.98 Å². The largest absolute Gasteiger partial charge is 0.493 e. The molecule has 0 saturated carbocycles. The van der Waals surface area contributed by atoms with E-state index in [1.165, 1.54) is 0 Å². The standard InChI is InChI=1S/C33H33BrClN7O4/c1-44-27-14-20(15-28(45-2)30(27)46-3)13-21-18-37-33(39-31(21)36)38-29-25-16-22(34)7-8-26(25)42(32(29)43)19-40-9-11-41(12-10-40)24-6-4-5-23(35)17-24/h4-8,14-18H,9-13,19H2,1-3H3,(H2,36,37,39)/b38-29-. The van der Waals surface area contributed by atoms with Gasteiger partial charge in [0.2, 0.25) is 5.75 Å². The summed E-state index contributed by atoms with van der Waals surface area (Å²) in [7, 11) is 4.69. The molecule has 0 atom stereocenters. The van der Waals surface area contributed by atoms with Gasteiger partial charge in [0, 0.05) is 65.1 Å². The Morgan fingerprint density at radius 3 is 2.37 bits per heavy atom. The van der Waals surface area contributed by atoms with Crippen LogP contribution in [-0.2, 0) is 11.2 Å². The number of halogens is 2. The highest BCUT2D eigenvalue weighted by atomic mass is 79.9. The normalized spacial score (nSPS) is 15.8. The second-order valence-electron chi connectivity index (χ2n) is 10.9. The van der Waals surface area contributed by atoms with Gasteiger partial charge in [0.15, 0.2) is 11.5 Å². The molecule has 2 aliphatic rings. The maximum atomic E-state index is 13.8. The molecule has 3 aromatic carbocycles. The first-order valence-corrected chi connectivity index (χ1v) is 15.8. The van der Waals surface area contributed by atoms with Crippen LogP contribution in [-0.4, -0.2) is 80.7 Å². The van der Waals surface area contributed by atoms with E-state index < -0.39 is 0 Å². The lowest BCUT2D eigenvalue weighted by atomic mass is 10.1. The Bertz CT molecular complexity index is 1790. The van der Waals surface area contributed by atoms with E-state index in [2.05, 4.69) is 46.8 Å². The van der Waals surface area contributed by atoms with Crippen LogP contribution in [0, 0.1) is 0 Å². The van der Waals surface area contributed by atoms with E-state index in [0.717, 1.165) is 52.6 Å². The van der Waals surface area contributed by atoms with Gasteiger partial charge in [-0.05, 0) is 54.1 Å². The van der Waals surface area contributed by atoms with E-state index in [-0.39, 0.29) is 23.4 Å². The van der Waals surface area contributed by atoms with Gasteiger partial charge in [-0.15, -0.1) is 0 Å². The number of methoxy groups -OCH3 is 3. The molecule has 0 radical (unpaired) electrons. The fraction of sp³-hybridized carbons (Fsp3) is 0.273. The number of fused-ring (bicyclic) bond motifs is 1. The van der Waals surface area contributed by atoms with Crippen LogP contribution in [0.1, 0.15) is 16.7 Å². The van der Waals surface area contributed by atoms with Crippen LogP contribution >= 0.6 is 27.5 Å². The van der Waals surface area contributed by atoms with Crippen molar-refractivity contribution in [1.82, 2.24) is 14.9 Å². The van der Waals surface area contributed by atoms with Gasteiger partial charge in [0.05, 0.1) is 33.7 Å². The number of nitrogens with two attached hydrogens (primary N) is 1. The van der Waals surface area contributed by atoms with Gasteiger partial charge in [0.1, 0.15) is 11.5 Å². The quantitative estimate of drug-likeness (QED) is 0.246. The molecule has 11 nitrogen and oxygen atoms in total. The zero-order valence-electron chi connectivity index (χ0n) is 25.7. The van der Waals surface area contributed by atoms with Crippen molar-refractivity contribution in [2.45, 2.75) is 6.42 Å². The van der Waals surface area contributed by atoms with E-state index in [9.17, 15) is 4.79 Å². The molecule has 0 unspecified atom stereocenters. The van der Waals surface area contributed by atoms with Gasteiger partial charge in [-0.2, -0.15) is 4.98 Å². The van der Waals surface area contributed by atoms with Crippen LogP contribution in [0.3, 0.4) is 0 Å². The van der Waals surface area contributed by atoms with Gasteiger partial charge >= 0.3 is 0 Å². The number of anilines is 3. The van der Waals surface area contributed by atoms with Crippen LogP contribution in [0.4, 0.5) is 23.1 Å². The molecule has 0 spiro atoms. The number of aliphatic imine (C=N–C) groups is 1. The number of nitrogens with zero attached hydrogens (tertiary/aromatic N) is 6. The predicted octanol–water partition coefficient (Wildman–Crippen LogP) is 5.34. The van der Waals surface area contributed by atoms with Crippen molar-refractivity contribution >= 4 is 62.3 Å².